The van der Waals surface area contributed by atoms with Gasteiger partial charge < -0.3 is 20.1 Å². The van der Waals surface area contributed by atoms with Crippen LogP contribution in [0.2, 0.25) is 0 Å². The Bertz CT molecular complexity index is 1420. The number of aryl methyl sites for hydroxylation is 1. The minimum absolute atomic E-state index is 0.0935. The van der Waals surface area contributed by atoms with E-state index in [9.17, 15) is 18.0 Å². The van der Waals surface area contributed by atoms with Crippen LogP contribution < -0.4 is 15.4 Å². The SMILES string of the molecule is CC1=C(C(=O)Nc2ccccc2)S(=O)(=O)CCO1.Cc1ccccc1C(=O)Nc1cccc(OC(C)C)c1. The molecule has 0 aliphatic carbocycles. The molecule has 0 atom stereocenters. The molecule has 38 heavy (non-hydrogen) atoms. The lowest BCUT2D eigenvalue weighted by molar-refractivity contribution is -0.112. The molecule has 3 aromatic rings. The van der Waals surface area contributed by atoms with Crippen LogP contribution in [-0.2, 0) is 19.4 Å². The van der Waals surface area contributed by atoms with Gasteiger partial charge in [-0.05, 0) is 63.6 Å². The van der Waals surface area contributed by atoms with Gasteiger partial charge in [0, 0.05) is 23.0 Å². The van der Waals surface area contributed by atoms with E-state index in [4.69, 9.17) is 9.47 Å². The van der Waals surface area contributed by atoms with Crippen LogP contribution in [0, 0.1) is 6.92 Å². The van der Waals surface area contributed by atoms with Gasteiger partial charge in [0.05, 0.1) is 11.9 Å². The minimum atomic E-state index is -3.55. The monoisotopic (exact) mass is 536 g/mol. The van der Waals surface area contributed by atoms with Gasteiger partial charge in [0.1, 0.15) is 18.1 Å². The summed E-state index contributed by atoms with van der Waals surface area (Å²) >= 11 is 0. The fourth-order valence-corrected chi connectivity index (χ4v) is 4.98. The molecule has 3 aromatic carbocycles. The second kappa shape index (κ2) is 12.9. The number of rotatable bonds is 6. The summed E-state index contributed by atoms with van der Waals surface area (Å²) in [6.07, 6.45) is 0.109. The van der Waals surface area contributed by atoms with Crippen molar-refractivity contribution in [3.05, 3.63) is 101 Å². The second-order valence-electron chi connectivity index (χ2n) is 8.84. The molecule has 2 amide bonds. The van der Waals surface area contributed by atoms with Crippen molar-refractivity contribution in [2.24, 2.45) is 0 Å². The standard InChI is InChI=1S/C17H19NO2.C12H13NO4S/c1-12(2)20-15-9-6-8-14(11-15)18-17(19)16-10-5-4-7-13(16)3;1-9-11(18(15,16)8-7-17-9)12(14)13-10-5-3-2-4-6-10/h4-12H,1-3H3,(H,18,19);2-6H,7-8H2,1H3,(H,13,14). The van der Waals surface area contributed by atoms with Crippen molar-refractivity contribution in [3.63, 3.8) is 0 Å². The lowest BCUT2D eigenvalue weighted by atomic mass is 10.1. The van der Waals surface area contributed by atoms with Crippen molar-refractivity contribution in [2.75, 3.05) is 23.0 Å². The lowest BCUT2D eigenvalue weighted by Crippen LogP contribution is -2.29. The van der Waals surface area contributed by atoms with E-state index in [1.54, 1.807) is 30.3 Å². The third-order valence-corrected chi connectivity index (χ3v) is 7.19. The molecule has 0 saturated carbocycles. The molecule has 0 fully saturated rings. The molecule has 200 valence electrons. The van der Waals surface area contributed by atoms with E-state index in [0.717, 1.165) is 17.0 Å². The van der Waals surface area contributed by atoms with E-state index in [1.807, 2.05) is 69.3 Å². The summed E-state index contributed by atoms with van der Waals surface area (Å²) in [6, 6.07) is 23.6. The number of hydrogen-bond donors (Lipinski definition) is 2. The maximum Gasteiger partial charge on any atom is 0.270 e. The molecule has 0 saturated heterocycles. The summed E-state index contributed by atoms with van der Waals surface area (Å²) in [4.78, 5) is 23.9. The Morgan fingerprint density at radius 1 is 0.842 bits per heavy atom. The summed E-state index contributed by atoms with van der Waals surface area (Å²) in [6.45, 7) is 7.44. The molecule has 0 bridgehead atoms. The highest BCUT2D eigenvalue weighted by Gasteiger charge is 2.32. The van der Waals surface area contributed by atoms with Crippen LogP contribution in [0.3, 0.4) is 0 Å². The number of carbonyl (C=O) groups excluding carboxylic acids is 2. The van der Waals surface area contributed by atoms with Crippen LogP contribution in [0.1, 0.15) is 36.7 Å². The first-order valence-corrected chi connectivity index (χ1v) is 13.8. The molecule has 0 radical (unpaired) electrons. The Labute approximate surface area is 223 Å². The number of amides is 2. The topological polar surface area (TPSA) is 111 Å². The third kappa shape index (κ3) is 7.94. The van der Waals surface area contributed by atoms with E-state index >= 15 is 0 Å². The quantitative estimate of drug-likeness (QED) is 0.440. The highest BCUT2D eigenvalue weighted by atomic mass is 32.2. The Morgan fingerprint density at radius 3 is 2.13 bits per heavy atom. The van der Waals surface area contributed by atoms with Crippen LogP contribution in [0.25, 0.3) is 0 Å². The number of carbonyl (C=O) groups is 2. The van der Waals surface area contributed by atoms with Gasteiger partial charge in [0.25, 0.3) is 11.8 Å². The molecule has 1 aliphatic rings. The number of para-hydroxylation sites is 1. The van der Waals surface area contributed by atoms with Crippen molar-refractivity contribution < 1.29 is 27.5 Å². The minimum Gasteiger partial charge on any atom is -0.496 e. The van der Waals surface area contributed by atoms with Gasteiger partial charge in [0.15, 0.2) is 14.7 Å². The van der Waals surface area contributed by atoms with Crippen molar-refractivity contribution in [1.82, 2.24) is 0 Å². The molecular weight excluding hydrogens is 504 g/mol. The van der Waals surface area contributed by atoms with Gasteiger partial charge in [-0.25, -0.2) is 8.42 Å². The van der Waals surface area contributed by atoms with Crippen molar-refractivity contribution >= 4 is 33.0 Å². The molecule has 0 spiro atoms. The molecule has 2 N–H and O–H groups in total. The predicted octanol–water partition coefficient (Wildman–Crippen LogP) is 5.34. The zero-order valence-corrected chi connectivity index (χ0v) is 22.7. The van der Waals surface area contributed by atoms with E-state index < -0.39 is 15.7 Å². The summed E-state index contributed by atoms with van der Waals surface area (Å²) in [7, 11) is -3.55. The maximum atomic E-state index is 12.2. The summed E-state index contributed by atoms with van der Waals surface area (Å²) < 4.78 is 34.4. The largest absolute Gasteiger partial charge is 0.496 e. The fourth-order valence-electron chi connectivity index (χ4n) is 3.65. The van der Waals surface area contributed by atoms with E-state index in [2.05, 4.69) is 10.6 Å². The van der Waals surface area contributed by atoms with Gasteiger partial charge in [-0.2, -0.15) is 0 Å². The molecule has 4 rings (SSSR count). The van der Waals surface area contributed by atoms with Gasteiger partial charge >= 0.3 is 0 Å². The van der Waals surface area contributed by atoms with E-state index in [0.29, 0.717) is 11.3 Å². The zero-order valence-electron chi connectivity index (χ0n) is 21.9. The Balaban J connectivity index is 0.000000212. The third-order valence-electron chi connectivity index (χ3n) is 5.39. The van der Waals surface area contributed by atoms with E-state index in [-0.39, 0.29) is 35.0 Å². The molecule has 0 aromatic heterocycles. The van der Waals surface area contributed by atoms with Crippen molar-refractivity contribution in [1.29, 1.82) is 0 Å². The number of benzene rings is 3. The molecule has 1 heterocycles. The first-order chi connectivity index (χ1) is 18.1. The van der Waals surface area contributed by atoms with E-state index in [1.165, 1.54) is 6.92 Å². The summed E-state index contributed by atoms with van der Waals surface area (Å²) in [5, 5.41) is 5.44. The first kappa shape index (κ1) is 28.5. The molecule has 0 unspecified atom stereocenters. The maximum absolute atomic E-state index is 12.2. The van der Waals surface area contributed by atoms with Crippen LogP contribution >= 0.6 is 0 Å². The van der Waals surface area contributed by atoms with Gasteiger partial charge in [-0.3, -0.25) is 9.59 Å². The van der Waals surface area contributed by atoms with Crippen LogP contribution in [-0.4, -0.2) is 38.7 Å². The Hall–Kier alpha value is -4.11. The lowest BCUT2D eigenvalue weighted by Gasteiger charge is -2.18. The number of anilines is 2. The van der Waals surface area contributed by atoms with Crippen LogP contribution in [0.4, 0.5) is 11.4 Å². The fraction of sp³-hybridized carbons (Fsp3) is 0.241. The Kier molecular flexibility index (Phi) is 9.67. The number of sulfone groups is 1. The highest BCUT2D eigenvalue weighted by Crippen LogP contribution is 2.22. The number of nitrogens with one attached hydrogen (secondary N) is 2. The number of allylic oxidation sites excluding steroid dienone is 1. The smallest absolute Gasteiger partial charge is 0.270 e. The highest BCUT2D eigenvalue weighted by molar-refractivity contribution is 7.96. The number of hydrogen-bond acceptors (Lipinski definition) is 6. The molecule has 1 aliphatic heterocycles. The summed E-state index contributed by atoms with van der Waals surface area (Å²) in [5.41, 5.74) is 2.92. The number of ether oxygens (including phenoxy) is 2. The Morgan fingerprint density at radius 2 is 1.47 bits per heavy atom. The average molecular weight is 537 g/mol. The average Bonchev–Trinajstić information content (AvgIpc) is 2.84. The molecule has 9 heteroatoms. The van der Waals surface area contributed by atoms with Crippen molar-refractivity contribution in [2.45, 2.75) is 33.8 Å². The second-order valence-corrected chi connectivity index (χ2v) is 10.9. The normalized spacial score (nSPS) is 14.0. The van der Waals surface area contributed by atoms with Gasteiger partial charge in [-0.1, -0.05) is 42.5 Å². The first-order valence-electron chi connectivity index (χ1n) is 12.1. The summed E-state index contributed by atoms with van der Waals surface area (Å²) in [5.74, 6) is -0.0255. The predicted molar refractivity (Wildman–Crippen MR) is 149 cm³/mol. The molecule has 8 nitrogen and oxygen atoms in total. The van der Waals surface area contributed by atoms with Gasteiger partial charge in [0.2, 0.25) is 0 Å². The zero-order chi connectivity index (χ0) is 27.7. The van der Waals surface area contributed by atoms with Crippen molar-refractivity contribution in [3.8, 4) is 5.75 Å². The van der Waals surface area contributed by atoms with Crippen LogP contribution in [0.15, 0.2) is 89.5 Å². The molecular formula is C29H32N2O6S. The van der Waals surface area contributed by atoms with Gasteiger partial charge in [-0.15, -0.1) is 0 Å². The van der Waals surface area contributed by atoms with Crippen LogP contribution in [0.5, 0.6) is 5.75 Å².